The normalized spacial score (nSPS) is 17.0. The Bertz CT molecular complexity index is 716. The van der Waals surface area contributed by atoms with Gasteiger partial charge < -0.3 is 14.8 Å². The summed E-state index contributed by atoms with van der Waals surface area (Å²) in [5.74, 6) is -0.265. The summed E-state index contributed by atoms with van der Waals surface area (Å²) in [6, 6.07) is 4.93. The van der Waals surface area contributed by atoms with Gasteiger partial charge in [0.1, 0.15) is 5.76 Å². The minimum Gasteiger partial charge on any atom is -0.475 e. The number of carbonyl (C=O) groups is 2. The van der Waals surface area contributed by atoms with Crippen LogP contribution in [0.1, 0.15) is 49.8 Å². The average molecular weight is 319 g/mol. The molecule has 0 saturated heterocycles. The van der Waals surface area contributed by atoms with Crippen molar-refractivity contribution in [1.82, 2.24) is 5.32 Å². The third kappa shape index (κ3) is 3.06. The first-order valence-corrected chi connectivity index (χ1v) is 8.06. The minimum absolute atomic E-state index is 0.121. The number of amides is 1. The summed E-state index contributed by atoms with van der Waals surface area (Å²) in [6.45, 7) is 2.42. The number of aryl methyl sites for hydroxylation is 1. The maximum Gasteiger partial charge on any atom is 0.371 e. The standard InChI is InChI=1S/C16H17NO4S/c1-9-2-5-13-10(6-9)7-14(22-13)15(18)17-8-11-3-4-12(21-11)16(19)20/h3-4,7,9H,2,5-6,8H2,1H3,(H,17,18)(H,19,20). The Morgan fingerprint density at radius 1 is 1.45 bits per heavy atom. The number of carboxylic acid groups (broad SMARTS) is 1. The predicted octanol–water partition coefficient (Wildman–Crippen LogP) is 3.09. The molecule has 2 aromatic heterocycles. The molecule has 22 heavy (non-hydrogen) atoms. The fourth-order valence-electron chi connectivity index (χ4n) is 2.66. The fourth-order valence-corrected chi connectivity index (χ4v) is 3.78. The van der Waals surface area contributed by atoms with Crippen molar-refractivity contribution in [3.63, 3.8) is 0 Å². The lowest BCUT2D eigenvalue weighted by atomic mass is 9.90. The van der Waals surface area contributed by atoms with Crippen LogP contribution in [0.5, 0.6) is 0 Å². The summed E-state index contributed by atoms with van der Waals surface area (Å²) in [5.41, 5.74) is 1.29. The van der Waals surface area contributed by atoms with Crippen LogP contribution in [0.15, 0.2) is 22.6 Å². The third-order valence-corrected chi connectivity index (χ3v) is 5.08. The molecule has 2 heterocycles. The summed E-state index contributed by atoms with van der Waals surface area (Å²) in [7, 11) is 0. The molecule has 2 N–H and O–H groups in total. The zero-order valence-corrected chi connectivity index (χ0v) is 13.0. The highest BCUT2D eigenvalue weighted by atomic mass is 32.1. The van der Waals surface area contributed by atoms with E-state index in [1.165, 1.54) is 22.9 Å². The van der Waals surface area contributed by atoms with E-state index in [1.54, 1.807) is 17.4 Å². The van der Waals surface area contributed by atoms with Gasteiger partial charge in [0.25, 0.3) is 5.91 Å². The van der Waals surface area contributed by atoms with E-state index >= 15 is 0 Å². The van der Waals surface area contributed by atoms with Gasteiger partial charge in [-0.1, -0.05) is 6.92 Å². The van der Waals surface area contributed by atoms with Crippen molar-refractivity contribution in [2.75, 3.05) is 0 Å². The van der Waals surface area contributed by atoms with E-state index in [-0.39, 0.29) is 18.2 Å². The first-order chi connectivity index (χ1) is 10.5. The maximum atomic E-state index is 12.2. The lowest BCUT2D eigenvalue weighted by Gasteiger charge is -2.16. The SMILES string of the molecule is CC1CCc2sc(C(=O)NCc3ccc(C(=O)O)o3)cc2C1. The molecule has 0 aromatic carbocycles. The van der Waals surface area contributed by atoms with Crippen molar-refractivity contribution in [3.05, 3.63) is 45.0 Å². The predicted molar refractivity (Wildman–Crippen MR) is 82.3 cm³/mol. The van der Waals surface area contributed by atoms with Crippen LogP contribution in [0.3, 0.4) is 0 Å². The Morgan fingerprint density at radius 3 is 3.00 bits per heavy atom. The molecule has 2 aromatic rings. The van der Waals surface area contributed by atoms with Gasteiger partial charge in [-0.2, -0.15) is 0 Å². The smallest absolute Gasteiger partial charge is 0.371 e. The molecule has 1 atom stereocenters. The molecule has 0 saturated carbocycles. The summed E-state index contributed by atoms with van der Waals surface area (Å²) in [5, 5.41) is 11.6. The molecule has 116 valence electrons. The van der Waals surface area contributed by atoms with Crippen LogP contribution in [0, 0.1) is 5.92 Å². The van der Waals surface area contributed by atoms with Crippen LogP contribution >= 0.6 is 11.3 Å². The van der Waals surface area contributed by atoms with Gasteiger partial charge in [0, 0.05) is 4.88 Å². The number of nitrogens with one attached hydrogen (secondary N) is 1. The lowest BCUT2D eigenvalue weighted by molar-refractivity contribution is 0.0660. The highest BCUT2D eigenvalue weighted by molar-refractivity contribution is 7.14. The molecule has 0 aliphatic heterocycles. The molecule has 0 bridgehead atoms. The van der Waals surface area contributed by atoms with E-state index in [2.05, 4.69) is 12.2 Å². The van der Waals surface area contributed by atoms with Gasteiger partial charge in [0.2, 0.25) is 5.76 Å². The number of fused-ring (bicyclic) bond motifs is 1. The van der Waals surface area contributed by atoms with Gasteiger partial charge >= 0.3 is 5.97 Å². The summed E-state index contributed by atoms with van der Waals surface area (Å²) in [6.07, 6.45) is 3.27. The van der Waals surface area contributed by atoms with Crippen molar-refractivity contribution >= 4 is 23.2 Å². The Morgan fingerprint density at radius 2 is 2.27 bits per heavy atom. The van der Waals surface area contributed by atoms with Crippen molar-refractivity contribution < 1.29 is 19.1 Å². The largest absolute Gasteiger partial charge is 0.475 e. The number of carbonyl (C=O) groups excluding carboxylic acids is 1. The first kappa shape index (κ1) is 14.8. The number of hydrogen-bond acceptors (Lipinski definition) is 4. The molecule has 3 rings (SSSR count). The number of aromatic carboxylic acids is 1. The van der Waals surface area contributed by atoms with Crippen molar-refractivity contribution in [2.24, 2.45) is 5.92 Å². The zero-order valence-electron chi connectivity index (χ0n) is 12.2. The summed E-state index contributed by atoms with van der Waals surface area (Å²) < 4.78 is 5.12. The maximum absolute atomic E-state index is 12.2. The van der Waals surface area contributed by atoms with Crippen LogP contribution in [0.4, 0.5) is 0 Å². The second-order valence-corrected chi connectivity index (χ2v) is 6.80. The first-order valence-electron chi connectivity index (χ1n) is 7.24. The van der Waals surface area contributed by atoms with Crippen LogP contribution in [-0.4, -0.2) is 17.0 Å². The second kappa shape index (κ2) is 5.96. The highest BCUT2D eigenvalue weighted by Crippen LogP contribution is 2.32. The molecular formula is C16H17NO4S. The molecule has 5 nitrogen and oxygen atoms in total. The number of hydrogen-bond donors (Lipinski definition) is 2. The zero-order chi connectivity index (χ0) is 15.7. The average Bonchev–Trinajstić information content (AvgIpc) is 3.10. The Labute approximate surface area is 132 Å². The second-order valence-electron chi connectivity index (χ2n) is 5.66. The molecule has 6 heteroatoms. The van der Waals surface area contributed by atoms with Gasteiger partial charge in [0.15, 0.2) is 0 Å². The molecule has 0 fully saturated rings. The Balaban J connectivity index is 1.63. The number of rotatable bonds is 4. The van der Waals surface area contributed by atoms with Crippen molar-refractivity contribution in [1.29, 1.82) is 0 Å². The fraction of sp³-hybridized carbons (Fsp3) is 0.375. The number of thiophene rings is 1. The van der Waals surface area contributed by atoms with Crippen LogP contribution in [0.2, 0.25) is 0 Å². The van der Waals surface area contributed by atoms with Crippen LogP contribution < -0.4 is 5.32 Å². The van der Waals surface area contributed by atoms with E-state index in [0.29, 0.717) is 16.6 Å². The van der Waals surface area contributed by atoms with E-state index in [0.717, 1.165) is 12.8 Å². The molecule has 0 spiro atoms. The van der Waals surface area contributed by atoms with Gasteiger partial charge in [0.05, 0.1) is 11.4 Å². The van der Waals surface area contributed by atoms with E-state index in [1.807, 2.05) is 6.07 Å². The monoisotopic (exact) mass is 319 g/mol. The van der Waals surface area contributed by atoms with Crippen molar-refractivity contribution in [3.8, 4) is 0 Å². The minimum atomic E-state index is -1.11. The van der Waals surface area contributed by atoms with E-state index in [9.17, 15) is 9.59 Å². The number of carboxylic acids is 1. The van der Waals surface area contributed by atoms with Gasteiger partial charge in [-0.15, -0.1) is 11.3 Å². The molecule has 1 amide bonds. The Hall–Kier alpha value is -2.08. The van der Waals surface area contributed by atoms with Gasteiger partial charge in [-0.3, -0.25) is 4.79 Å². The van der Waals surface area contributed by atoms with Crippen LogP contribution in [0.25, 0.3) is 0 Å². The lowest BCUT2D eigenvalue weighted by Crippen LogP contribution is -2.21. The third-order valence-electron chi connectivity index (χ3n) is 3.85. The number of furan rings is 1. The summed E-state index contributed by atoms with van der Waals surface area (Å²) >= 11 is 1.55. The topological polar surface area (TPSA) is 79.5 Å². The molecule has 0 radical (unpaired) electrons. The van der Waals surface area contributed by atoms with Crippen molar-refractivity contribution in [2.45, 2.75) is 32.7 Å². The van der Waals surface area contributed by atoms with E-state index < -0.39 is 5.97 Å². The highest BCUT2D eigenvalue weighted by Gasteiger charge is 2.20. The Kier molecular flexibility index (Phi) is 4.02. The summed E-state index contributed by atoms with van der Waals surface area (Å²) in [4.78, 5) is 25.0. The van der Waals surface area contributed by atoms with Gasteiger partial charge in [-0.25, -0.2) is 4.79 Å². The molecule has 1 unspecified atom stereocenters. The molecular weight excluding hydrogens is 302 g/mol. The molecule has 1 aliphatic carbocycles. The quantitative estimate of drug-likeness (QED) is 0.907. The van der Waals surface area contributed by atoms with E-state index in [4.69, 9.17) is 9.52 Å². The molecule has 1 aliphatic rings. The van der Waals surface area contributed by atoms with Crippen LogP contribution in [-0.2, 0) is 19.4 Å². The van der Waals surface area contributed by atoms with Gasteiger partial charge in [-0.05, 0) is 48.9 Å².